The van der Waals surface area contributed by atoms with Gasteiger partial charge < -0.3 is 15.8 Å². The normalized spacial score (nSPS) is 13.2. The van der Waals surface area contributed by atoms with Crippen LogP contribution < -0.4 is 5.73 Å². The van der Waals surface area contributed by atoms with Gasteiger partial charge in [-0.05, 0) is 12.1 Å². The molecule has 2 rings (SSSR count). The topological polar surface area (TPSA) is 79.1 Å². The highest BCUT2D eigenvalue weighted by Gasteiger charge is 2.13. The van der Waals surface area contributed by atoms with Gasteiger partial charge in [-0.2, -0.15) is 0 Å². The van der Waals surface area contributed by atoms with Crippen molar-refractivity contribution in [3.8, 4) is 0 Å². The number of aromatic nitrogens is 1. The lowest BCUT2D eigenvalue weighted by Crippen LogP contribution is -2.31. The number of nitrogens with one attached hydrogen (secondary N) is 1. The van der Waals surface area contributed by atoms with E-state index in [9.17, 15) is 4.79 Å². The predicted octanol–water partition coefficient (Wildman–Crippen LogP) is 1.18. The van der Waals surface area contributed by atoms with Crippen LogP contribution in [0, 0.1) is 0 Å². The van der Waals surface area contributed by atoms with Crippen molar-refractivity contribution in [1.82, 2.24) is 4.98 Å². The molecule has 4 nitrogen and oxygen atoms in total. The van der Waals surface area contributed by atoms with E-state index in [1.807, 2.05) is 18.3 Å². The molecule has 2 aromatic rings. The summed E-state index contributed by atoms with van der Waals surface area (Å²) in [5.74, 6) is -0.956. The lowest BCUT2D eigenvalue weighted by atomic mass is 10.2. The minimum Gasteiger partial charge on any atom is -0.480 e. The molecule has 0 fully saturated rings. The Balaban J connectivity index is 2.19. The highest BCUT2D eigenvalue weighted by molar-refractivity contribution is 7.19. The van der Waals surface area contributed by atoms with E-state index in [0.717, 1.165) is 15.1 Å². The van der Waals surface area contributed by atoms with Crippen LogP contribution in [0.1, 0.15) is 4.88 Å². The molecule has 2 heterocycles. The van der Waals surface area contributed by atoms with E-state index in [1.54, 1.807) is 11.3 Å². The number of carboxylic acids is 1. The van der Waals surface area contributed by atoms with Gasteiger partial charge >= 0.3 is 5.97 Å². The molecule has 2 aromatic heterocycles. The van der Waals surface area contributed by atoms with Gasteiger partial charge in [-0.25, -0.2) is 0 Å². The fourth-order valence-corrected chi connectivity index (χ4v) is 2.39. The van der Waals surface area contributed by atoms with Crippen LogP contribution in [0.3, 0.4) is 0 Å². The van der Waals surface area contributed by atoms with Crippen molar-refractivity contribution in [3.05, 3.63) is 23.2 Å². The van der Waals surface area contributed by atoms with Gasteiger partial charge in [0.15, 0.2) is 0 Å². The highest BCUT2D eigenvalue weighted by Crippen LogP contribution is 2.24. The molecule has 1 atom stereocenters. The Morgan fingerprint density at radius 3 is 3.14 bits per heavy atom. The molecule has 0 aliphatic heterocycles. The van der Waals surface area contributed by atoms with Crippen LogP contribution in [-0.2, 0) is 11.2 Å². The molecule has 0 unspecified atom stereocenters. The molecule has 0 radical (unpaired) electrons. The van der Waals surface area contributed by atoms with E-state index in [-0.39, 0.29) is 0 Å². The molecule has 74 valence electrons. The fourth-order valence-electron chi connectivity index (χ4n) is 1.31. The number of thiophene rings is 1. The Kier molecular flexibility index (Phi) is 2.26. The zero-order valence-electron chi connectivity index (χ0n) is 7.36. The first-order valence-electron chi connectivity index (χ1n) is 4.21. The van der Waals surface area contributed by atoms with Crippen molar-refractivity contribution < 1.29 is 9.90 Å². The number of carbonyl (C=O) groups is 1. The maximum atomic E-state index is 10.5. The summed E-state index contributed by atoms with van der Waals surface area (Å²) < 4.78 is 1.14. The van der Waals surface area contributed by atoms with Crippen molar-refractivity contribution in [2.45, 2.75) is 12.5 Å². The maximum Gasteiger partial charge on any atom is 0.320 e. The Morgan fingerprint density at radius 1 is 1.71 bits per heavy atom. The third kappa shape index (κ3) is 1.64. The number of aliphatic carboxylic acids is 1. The molecule has 4 N–H and O–H groups in total. The molecule has 0 aromatic carbocycles. The van der Waals surface area contributed by atoms with E-state index in [0.29, 0.717) is 6.42 Å². The quantitative estimate of drug-likeness (QED) is 0.711. The number of hydrogen-bond acceptors (Lipinski definition) is 3. The minimum absolute atomic E-state index is 0.391. The highest BCUT2D eigenvalue weighted by atomic mass is 32.1. The van der Waals surface area contributed by atoms with E-state index >= 15 is 0 Å². The van der Waals surface area contributed by atoms with Gasteiger partial charge in [0, 0.05) is 17.5 Å². The average molecular weight is 210 g/mol. The van der Waals surface area contributed by atoms with Crippen LogP contribution >= 0.6 is 11.3 Å². The van der Waals surface area contributed by atoms with Crippen LogP contribution in [0.2, 0.25) is 0 Å². The van der Waals surface area contributed by atoms with Crippen LogP contribution in [-0.4, -0.2) is 22.1 Å². The van der Waals surface area contributed by atoms with Gasteiger partial charge in [-0.3, -0.25) is 4.79 Å². The van der Waals surface area contributed by atoms with Gasteiger partial charge in [0.2, 0.25) is 0 Å². The molecule has 0 aliphatic rings. The Hall–Kier alpha value is -1.33. The first kappa shape index (κ1) is 9.23. The Morgan fingerprint density at radius 2 is 2.50 bits per heavy atom. The first-order valence-corrected chi connectivity index (χ1v) is 5.02. The van der Waals surface area contributed by atoms with Crippen molar-refractivity contribution in [2.75, 3.05) is 0 Å². The van der Waals surface area contributed by atoms with Crippen molar-refractivity contribution in [2.24, 2.45) is 5.73 Å². The molecular formula is C9H10N2O2S. The lowest BCUT2D eigenvalue weighted by Gasteiger charge is -2.02. The summed E-state index contributed by atoms with van der Waals surface area (Å²) in [6.07, 6.45) is 2.25. The summed E-state index contributed by atoms with van der Waals surface area (Å²) in [5, 5.41) is 8.64. The summed E-state index contributed by atoms with van der Waals surface area (Å²) in [6, 6.07) is 3.11. The summed E-state index contributed by atoms with van der Waals surface area (Å²) >= 11 is 1.58. The number of hydrogen-bond donors (Lipinski definition) is 3. The molecular weight excluding hydrogens is 200 g/mol. The van der Waals surface area contributed by atoms with Gasteiger partial charge in [0.25, 0.3) is 0 Å². The number of aromatic amines is 1. The molecule has 0 amide bonds. The van der Waals surface area contributed by atoms with Crippen LogP contribution in [0.25, 0.3) is 10.2 Å². The molecule has 0 saturated heterocycles. The summed E-state index contributed by atoms with van der Waals surface area (Å²) in [4.78, 5) is 14.6. The second kappa shape index (κ2) is 3.43. The minimum atomic E-state index is -0.956. The fraction of sp³-hybridized carbons (Fsp3) is 0.222. The third-order valence-corrected chi connectivity index (χ3v) is 3.15. The number of nitrogens with two attached hydrogens (primary N) is 1. The zero-order chi connectivity index (χ0) is 10.1. The van der Waals surface area contributed by atoms with Crippen LogP contribution in [0.4, 0.5) is 0 Å². The van der Waals surface area contributed by atoms with Gasteiger partial charge in [-0.1, -0.05) is 0 Å². The summed E-state index contributed by atoms with van der Waals surface area (Å²) in [5.41, 5.74) is 6.48. The molecule has 0 spiro atoms. The SMILES string of the molecule is N[C@@H](Cc1cc2[nH]ccc2s1)C(=O)O. The average Bonchev–Trinajstić information content (AvgIpc) is 2.63. The summed E-state index contributed by atoms with van der Waals surface area (Å²) in [6.45, 7) is 0. The zero-order valence-corrected chi connectivity index (χ0v) is 8.17. The monoisotopic (exact) mass is 210 g/mol. The maximum absolute atomic E-state index is 10.5. The largest absolute Gasteiger partial charge is 0.480 e. The van der Waals surface area contributed by atoms with Crippen molar-refractivity contribution in [1.29, 1.82) is 0 Å². The number of carboxylic acid groups (broad SMARTS) is 1. The first-order chi connectivity index (χ1) is 6.66. The second-order valence-electron chi connectivity index (χ2n) is 3.12. The standard InChI is InChI=1S/C9H10N2O2S/c10-6(9(12)13)3-5-4-7-8(14-5)1-2-11-7/h1-2,4,6,11H,3,10H2,(H,12,13)/t6-/m0/s1. The number of rotatable bonds is 3. The van der Waals surface area contributed by atoms with Crippen LogP contribution in [0.5, 0.6) is 0 Å². The number of fused-ring (bicyclic) bond motifs is 1. The molecule has 5 heteroatoms. The van der Waals surface area contributed by atoms with Crippen molar-refractivity contribution >= 4 is 27.5 Å². The third-order valence-electron chi connectivity index (χ3n) is 2.02. The van der Waals surface area contributed by atoms with Gasteiger partial charge in [-0.15, -0.1) is 11.3 Å². The molecule has 14 heavy (non-hydrogen) atoms. The smallest absolute Gasteiger partial charge is 0.320 e. The van der Waals surface area contributed by atoms with E-state index in [4.69, 9.17) is 10.8 Å². The predicted molar refractivity (Wildman–Crippen MR) is 55.5 cm³/mol. The van der Waals surface area contributed by atoms with E-state index in [1.165, 1.54) is 0 Å². The number of H-pyrrole nitrogens is 1. The van der Waals surface area contributed by atoms with Crippen LogP contribution in [0.15, 0.2) is 18.3 Å². The molecule has 0 bridgehead atoms. The van der Waals surface area contributed by atoms with E-state index < -0.39 is 12.0 Å². The van der Waals surface area contributed by atoms with Crippen molar-refractivity contribution in [3.63, 3.8) is 0 Å². The Labute approximate surface area is 84.4 Å². The van der Waals surface area contributed by atoms with Gasteiger partial charge in [0.1, 0.15) is 6.04 Å². The molecule has 0 aliphatic carbocycles. The second-order valence-corrected chi connectivity index (χ2v) is 4.29. The molecule has 0 saturated carbocycles. The Bertz CT molecular complexity index is 432. The van der Waals surface area contributed by atoms with Gasteiger partial charge in [0.05, 0.1) is 10.2 Å². The summed E-state index contributed by atoms with van der Waals surface area (Å²) in [7, 11) is 0. The van der Waals surface area contributed by atoms with E-state index in [2.05, 4.69) is 4.98 Å². The lowest BCUT2D eigenvalue weighted by molar-refractivity contribution is -0.138.